The van der Waals surface area contributed by atoms with Gasteiger partial charge in [-0.3, -0.25) is 4.79 Å². The van der Waals surface area contributed by atoms with Crippen molar-refractivity contribution in [1.82, 2.24) is 0 Å². The predicted octanol–water partition coefficient (Wildman–Crippen LogP) is -0.380. The Morgan fingerprint density at radius 1 is 1.31 bits per heavy atom. The number of hydrogen-bond donors (Lipinski definition) is 0. The van der Waals surface area contributed by atoms with Gasteiger partial charge in [0.05, 0.1) is 6.07 Å². The van der Waals surface area contributed by atoms with Gasteiger partial charge in [0, 0.05) is 0 Å². The third kappa shape index (κ3) is 6.39. The summed E-state index contributed by atoms with van der Waals surface area (Å²) in [5, 5.41) is 8.05. The second-order valence-electron chi connectivity index (χ2n) is 1.86. The number of esters is 2. The molecule has 0 saturated carbocycles. The molecule has 0 N–H and O–H groups in total. The van der Waals surface area contributed by atoms with Crippen LogP contribution >= 0.6 is 0 Å². The minimum atomic E-state index is -0.764. The predicted molar refractivity (Wildman–Crippen MR) is 41.0 cm³/mol. The summed E-state index contributed by atoms with van der Waals surface area (Å²) < 4.78 is 8.72. The molecule has 13 heavy (non-hydrogen) atoms. The van der Waals surface area contributed by atoms with Crippen LogP contribution in [0.1, 0.15) is 6.42 Å². The van der Waals surface area contributed by atoms with E-state index in [0.29, 0.717) is 0 Å². The van der Waals surface area contributed by atoms with Gasteiger partial charge in [0.25, 0.3) is 0 Å². The number of hydrogen-bond acceptors (Lipinski definition) is 5. The summed E-state index contributed by atoms with van der Waals surface area (Å²) in [6.07, 6.45) is 4.42. The molecule has 0 radical (unpaired) electrons. The Labute approximate surface area is 75.2 Å². The SMILES string of the molecule is C#CCOC(=O)COC(=O)CC#N. The summed E-state index contributed by atoms with van der Waals surface area (Å²) in [6, 6.07) is 1.58. The standard InChI is InChI=1S/C8H7NO4/c1-2-5-12-8(11)6-13-7(10)3-4-9/h1H,3,5-6H2. The Morgan fingerprint density at radius 3 is 2.54 bits per heavy atom. The first-order chi connectivity index (χ1) is 6.20. The van der Waals surface area contributed by atoms with E-state index in [0.717, 1.165) is 0 Å². The monoisotopic (exact) mass is 181 g/mol. The van der Waals surface area contributed by atoms with Gasteiger partial charge in [0.2, 0.25) is 0 Å². The van der Waals surface area contributed by atoms with Gasteiger partial charge in [-0.2, -0.15) is 5.26 Å². The molecule has 0 aliphatic rings. The molecule has 0 amide bonds. The molecule has 0 atom stereocenters. The lowest BCUT2D eigenvalue weighted by molar-refractivity contribution is -0.157. The van der Waals surface area contributed by atoms with Crippen molar-refractivity contribution in [2.75, 3.05) is 13.2 Å². The largest absolute Gasteiger partial charge is 0.453 e. The Bertz CT molecular complexity index is 271. The van der Waals surface area contributed by atoms with Crippen molar-refractivity contribution in [2.24, 2.45) is 0 Å². The highest BCUT2D eigenvalue weighted by molar-refractivity contribution is 5.77. The number of carbonyl (C=O) groups is 2. The Balaban J connectivity index is 3.54. The third-order valence-corrected chi connectivity index (χ3v) is 0.891. The summed E-state index contributed by atoms with van der Waals surface area (Å²) in [5.74, 6) is 0.580. The molecule has 0 saturated heterocycles. The molecule has 5 heteroatoms. The van der Waals surface area contributed by atoms with E-state index in [9.17, 15) is 9.59 Å². The van der Waals surface area contributed by atoms with Crippen LogP contribution < -0.4 is 0 Å². The van der Waals surface area contributed by atoms with Gasteiger partial charge in [0.15, 0.2) is 13.2 Å². The minimum Gasteiger partial charge on any atom is -0.453 e. The summed E-state index contributed by atoms with van der Waals surface area (Å²) in [6.45, 7) is -0.670. The lowest BCUT2D eigenvalue weighted by Gasteiger charge is -2.00. The number of terminal acetylenes is 1. The van der Waals surface area contributed by atoms with Crippen molar-refractivity contribution in [1.29, 1.82) is 5.26 Å². The second-order valence-corrected chi connectivity index (χ2v) is 1.86. The highest BCUT2D eigenvalue weighted by atomic mass is 16.6. The summed E-state index contributed by atoms with van der Waals surface area (Å²) in [4.78, 5) is 21.2. The Morgan fingerprint density at radius 2 is 2.00 bits per heavy atom. The van der Waals surface area contributed by atoms with Gasteiger partial charge in [0.1, 0.15) is 6.42 Å². The summed E-state index contributed by atoms with van der Waals surface area (Å²) >= 11 is 0. The molecule has 0 bridgehead atoms. The molecule has 0 fully saturated rings. The average molecular weight is 181 g/mol. The Kier molecular flexibility index (Phi) is 5.65. The van der Waals surface area contributed by atoms with Crippen LogP contribution in [0.5, 0.6) is 0 Å². The fraction of sp³-hybridized carbons (Fsp3) is 0.375. The highest BCUT2D eigenvalue weighted by Gasteiger charge is 2.06. The van der Waals surface area contributed by atoms with E-state index < -0.39 is 18.5 Å². The van der Waals surface area contributed by atoms with Gasteiger partial charge >= 0.3 is 11.9 Å². The molecule has 0 spiro atoms. The van der Waals surface area contributed by atoms with E-state index in [1.54, 1.807) is 6.07 Å². The van der Waals surface area contributed by atoms with Crippen LogP contribution in [0.4, 0.5) is 0 Å². The van der Waals surface area contributed by atoms with E-state index in [2.05, 4.69) is 15.4 Å². The van der Waals surface area contributed by atoms with Crippen molar-refractivity contribution >= 4 is 11.9 Å². The van der Waals surface area contributed by atoms with Gasteiger partial charge in [-0.15, -0.1) is 6.42 Å². The second kappa shape index (κ2) is 6.68. The minimum absolute atomic E-state index is 0.158. The summed E-state index contributed by atoms with van der Waals surface area (Å²) in [5.41, 5.74) is 0. The van der Waals surface area contributed by atoms with E-state index in [1.807, 2.05) is 0 Å². The quantitative estimate of drug-likeness (QED) is 0.436. The van der Waals surface area contributed by atoms with Crippen LogP contribution in [0, 0.1) is 23.7 Å². The zero-order chi connectivity index (χ0) is 10.1. The highest BCUT2D eigenvalue weighted by Crippen LogP contribution is 1.86. The first-order valence-electron chi connectivity index (χ1n) is 3.32. The zero-order valence-corrected chi connectivity index (χ0v) is 6.78. The molecular weight excluding hydrogens is 174 g/mol. The molecule has 0 unspecified atom stereocenters. The van der Waals surface area contributed by atoms with Gasteiger partial charge in [-0.25, -0.2) is 4.79 Å². The Hall–Kier alpha value is -2.01. The van der Waals surface area contributed by atoms with Gasteiger partial charge < -0.3 is 9.47 Å². The average Bonchev–Trinajstić information content (AvgIpc) is 2.12. The van der Waals surface area contributed by atoms with Gasteiger partial charge in [-0.1, -0.05) is 5.92 Å². The molecule has 0 aromatic carbocycles. The number of nitrogens with zero attached hydrogens (tertiary/aromatic N) is 1. The van der Waals surface area contributed by atoms with Crippen molar-refractivity contribution in [2.45, 2.75) is 6.42 Å². The lowest BCUT2D eigenvalue weighted by Crippen LogP contribution is -2.16. The maximum absolute atomic E-state index is 10.6. The lowest BCUT2D eigenvalue weighted by atomic mass is 10.5. The molecule has 0 aliphatic heterocycles. The third-order valence-electron chi connectivity index (χ3n) is 0.891. The van der Waals surface area contributed by atoms with Crippen LogP contribution in [0.25, 0.3) is 0 Å². The van der Waals surface area contributed by atoms with Crippen molar-refractivity contribution in [3.8, 4) is 18.4 Å². The van der Waals surface area contributed by atoms with Crippen LogP contribution in [-0.4, -0.2) is 25.2 Å². The fourth-order valence-corrected chi connectivity index (χ4v) is 0.419. The molecule has 0 aromatic heterocycles. The molecule has 0 aliphatic carbocycles. The van der Waals surface area contributed by atoms with Gasteiger partial charge in [-0.05, 0) is 0 Å². The molecule has 0 rings (SSSR count). The van der Waals surface area contributed by atoms with Crippen LogP contribution in [0.3, 0.4) is 0 Å². The van der Waals surface area contributed by atoms with Crippen LogP contribution in [-0.2, 0) is 19.1 Å². The molecular formula is C8H7NO4. The van der Waals surface area contributed by atoms with Crippen LogP contribution in [0.2, 0.25) is 0 Å². The van der Waals surface area contributed by atoms with E-state index in [1.165, 1.54) is 0 Å². The molecule has 0 aromatic rings. The van der Waals surface area contributed by atoms with Crippen molar-refractivity contribution in [3.63, 3.8) is 0 Å². The first-order valence-corrected chi connectivity index (χ1v) is 3.32. The number of carbonyl (C=O) groups excluding carboxylic acids is 2. The molecule has 0 heterocycles. The van der Waals surface area contributed by atoms with E-state index in [-0.39, 0.29) is 13.0 Å². The van der Waals surface area contributed by atoms with E-state index in [4.69, 9.17) is 11.7 Å². The van der Waals surface area contributed by atoms with E-state index >= 15 is 0 Å². The maximum Gasteiger partial charge on any atom is 0.345 e. The summed E-state index contributed by atoms with van der Waals surface area (Å²) in [7, 11) is 0. The normalized spacial score (nSPS) is 7.85. The smallest absolute Gasteiger partial charge is 0.345 e. The fourth-order valence-electron chi connectivity index (χ4n) is 0.419. The molecule has 68 valence electrons. The topological polar surface area (TPSA) is 76.4 Å². The number of nitriles is 1. The van der Waals surface area contributed by atoms with Crippen molar-refractivity contribution < 1.29 is 19.1 Å². The zero-order valence-electron chi connectivity index (χ0n) is 6.78. The van der Waals surface area contributed by atoms with Crippen molar-refractivity contribution in [3.05, 3.63) is 0 Å². The maximum atomic E-state index is 10.6. The number of ether oxygens (including phenoxy) is 2. The first kappa shape index (κ1) is 11.0. The molecule has 5 nitrogen and oxygen atoms in total. The number of rotatable bonds is 4. The van der Waals surface area contributed by atoms with Crippen LogP contribution in [0.15, 0.2) is 0 Å².